The predicted octanol–water partition coefficient (Wildman–Crippen LogP) is 3.86. The molecule has 0 radical (unpaired) electrons. The van der Waals surface area contributed by atoms with Gasteiger partial charge in [0.1, 0.15) is 0 Å². The normalized spacial score (nSPS) is 17.0. The molecule has 1 heterocycles. The molecule has 3 nitrogen and oxygen atoms in total. The fourth-order valence-electron chi connectivity index (χ4n) is 3.06. The number of amides is 1. The first kappa shape index (κ1) is 16.0. The van der Waals surface area contributed by atoms with Gasteiger partial charge >= 0.3 is 0 Å². The van der Waals surface area contributed by atoms with Gasteiger partial charge in [0.2, 0.25) is 0 Å². The number of halogens is 1. The van der Waals surface area contributed by atoms with Gasteiger partial charge in [-0.1, -0.05) is 48.0 Å². The Morgan fingerprint density at radius 1 is 1.00 bits per heavy atom. The van der Waals surface area contributed by atoms with Gasteiger partial charge in [-0.25, -0.2) is 0 Å². The van der Waals surface area contributed by atoms with Crippen molar-refractivity contribution in [3.8, 4) is 0 Å². The molecule has 4 heteroatoms. The van der Waals surface area contributed by atoms with Gasteiger partial charge in [-0.3, -0.25) is 9.69 Å². The van der Waals surface area contributed by atoms with Crippen LogP contribution in [0.4, 0.5) is 0 Å². The maximum atomic E-state index is 12.5. The molecular weight excluding hydrogens is 308 g/mol. The largest absolute Gasteiger partial charge is 0.336 e. The van der Waals surface area contributed by atoms with Crippen molar-refractivity contribution in [1.82, 2.24) is 9.80 Å². The van der Waals surface area contributed by atoms with Crippen LogP contribution in [0.2, 0.25) is 5.02 Å². The van der Waals surface area contributed by atoms with Gasteiger partial charge in [0.05, 0.1) is 0 Å². The molecule has 120 valence electrons. The lowest BCUT2D eigenvalue weighted by atomic mass is 10.1. The van der Waals surface area contributed by atoms with Gasteiger partial charge < -0.3 is 4.90 Å². The van der Waals surface area contributed by atoms with Crippen molar-refractivity contribution < 1.29 is 4.79 Å². The van der Waals surface area contributed by atoms with Crippen molar-refractivity contribution in [2.45, 2.75) is 13.0 Å². The van der Waals surface area contributed by atoms with Crippen molar-refractivity contribution in [2.75, 3.05) is 26.2 Å². The first-order valence-corrected chi connectivity index (χ1v) is 8.37. The maximum Gasteiger partial charge on any atom is 0.253 e. The highest BCUT2D eigenvalue weighted by Gasteiger charge is 2.25. The van der Waals surface area contributed by atoms with Gasteiger partial charge in [-0.15, -0.1) is 0 Å². The quantitative estimate of drug-likeness (QED) is 0.854. The van der Waals surface area contributed by atoms with E-state index >= 15 is 0 Å². The lowest BCUT2D eigenvalue weighted by Gasteiger charge is -2.38. The maximum absolute atomic E-state index is 12.5. The summed E-state index contributed by atoms with van der Waals surface area (Å²) in [6.45, 7) is 5.51. The zero-order chi connectivity index (χ0) is 16.2. The summed E-state index contributed by atoms with van der Waals surface area (Å²) in [5.41, 5.74) is 1.99. The van der Waals surface area contributed by atoms with Crippen LogP contribution in [0.25, 0.3) is 0 Å². The summed E-state index contributed by atoms with van der Waals surface area (Å²) < 4.78 is 0. The second kappa shape index (κ2) is 7.16. The molecule has 2 aromatic carbocycles. The zero-order valence-corrected chi connectivity index (χ0v) is 14.0. The summed E-state index contributed by atoms with van der Waals surface area (Å²) in [6.07, 6.45) is 0. The van der Waals surface area contributed by atoms with E-state index in [0.717, 1.165) is 26.2 Å². The van der Waals surface area contributed by atoms with Crippen molar-refractivity contribution >= 4 is 17.5 Å². The van der Waals surface area contributed by atoms with E-state index in [9.17, 15) is 4.79 Å². The summed E-state index contributed by atoms with van der Waals surface area (Å²) in [5, 5.41) is 0.604. The van der Waals surface area contributed by atoms with Crippen LogP contribution < -0.4 is 0 Å². The Kier molecular flexibility index (Phi) is 4.99. The minimum atomic E-state index is 0.0690. The summed E-state index contributed by atoms with van der Waals surface area (Å²) in [7, 11) is 0. The minimum Gasteiger partial charge on any atom is -0.336 e. The number of piperazine rings is 1. The molecule has 1 unspecified atom stereocenters. The molecule has 0 spiro atoms. The van der Waals surface area contributed by atoms with Crippen LogP contribution in [-0.4, -0.2) is 41.9 Å². The fourth-order valence-corrected chi connectivity index (χ4v) is 3.25. The molecule has 1 amide bonds. The lowest BCUT2D eigenvalue weighted by molar-refractivity contribution is 0.0582. The third-order valence-corrected chi connectivity index (χ3v) is 4.74. The number of carbonyl (C=O) groups excluding carboxylic acids is 1. The Morgan fingerprint density at radius 3 is 2.35 bits per heavy atom. The van der Waals surface area contributed by atoms with E-state index < -0.39 is 0 Å². The van der Waals surface area contributed by atoms with E-state index in [4.69, 9.17) is 11.6 Å². The molecule has 1 aliphatic rings. The topological polar surface area (TPSA) is 23.6 Å². The molecule has 1 atom stereocenters. The Morgan fingerprint density at radius 2 is 1.70 bits per heavy atom. The lowest BCUT2D eigenvalue weighted by Crippen LogP contribution is -2.49. The van der Waals surface area contributed by atoms with Gasteiger partial charge in [0.25, 0.3) is 5.91 Å². The molecule has 1 saturated heterocycles. The number of nitrogens with zero attached hydrogens (tertiary/aromatic N) is 2. The molecule has 23 heavy (non-hydrogen) atoms. The third-order valence-electron chi connectivity index (χ3n) is 4.50. The summed E-state index contributed by atoms with van der Waals surface area (Å²) in [6, 6.07) is 18.1. The van der Waals surface area contributed by atoms with Gasteiger partial charge in [0.15, 0.2) is 0 Å². The monoisotopic (exact) mass is 328 g/mol. The van der Waals surface area contributed by atoms with Crippen LogP contribution in [-0.2, 0) is 0 Å². The Bertz CT molecular complexity index is 666. The van der Waals surface area contributed by atoms with Crippen LogP contribution >= 0.6 is 11.6 Å². The van der Waals surface area contributed by atoms with Crippen molar-refractivity contribution in [2.24, 2.45) is 0 Å². The van der Waals surface area contributed by atoms with E-state index in [1.54, 1.807) is 12.1 Å². The van der Waals surface area contributed by atoms with Crippen molar-refractivity contribution in [1.29, 1.82) is 0 Å². The van der Waals surface area contributed by atoms with E-state index in [0.29, 0.717) is 16.6 Å². The van der Waals surface area contributed by atoms with Crippen LogP contribution in [0.3, 0.4) is 0 Å². The zero-order valence-electron chi connectivity index (χ0n) is 13.3. The number of hydrogen-bond acceptors (Lipinski definition) is 2. The molecule has 1 fully saturated rings. The summed E-state index contributed by atoms with van der Waals surface area (Å²) >= 11 is 5.98. The van der Waals surface area contributed by atoms with Gasteiger partial charge in [-0.2, -0.15) is 0 Å². The van der Waals surface area contributed by atoms with E-state index in [1.165, 1.54) is 5.56 Å². The Hall–Kier alpha value is -1.84. The molecule has 0 bridgehead atoms. The molecule has 0 saturated carbocycles. The number of carbonyl (C=O) groups is 1. The van der Waals surface area contributed by atoms with Crippen LogP contribution in [0.1, 0.15) is 28.9 Å². The highest BCUT2D eigenvalue weighted by Crippen LogP contribution is 2.22. The summed E-state index contributed by atoms with van der Waals surface area (Å²) in [5.74, 6) is 0.0690. The molecule has 1 aliphatic heterocycles. The van der Waals surface area contributed by atoms with Crippen molar-refractivity contribution in [3.63, 3.8) is 0 Å². The van der Waals surface area contributed by atoms with E-state index in [-0.39, 0.29) is 5.91 Å². The molecule has 0 aromatic heterocycles. The smallest absolute Gasteiger partial charge is 0.253 e. The standard InChI is InChI=1S/C19H21ClN2O/c1-15(16-6-3-2-4-7-16)21-10-12-22(13-11-21)19(23)17-8-5-9-18(20)14-17/h2-9,14-15H,10-13H2,1H3. The Balaban J connectivity index is 1.61. The van der Waals surface area contributed by atoms with E-state index in [1.807, 2.05) is 23.1 Å². The average Bonchev–Trinajstić information content (AvgIpc) is 2.61. The Labute approximate surface area is 142 Å². The molecule has 2 aromatic rings. The first-order valence-electron chi connectivity index (χ1n) is 7.99. The predicted molar refractivity (Wildman–Crippen MR) is 93.8 cm³/mol. The van der Waals surface area contributed by atoms with Crippen LogP contribution in [0, 0.1) is 0 Å². The van der Waals surface area contributed by atoms with Crippen molar-refractivity contribution in [3.05, 3.63) is 70.7 Å². The number of hydrogen-bond donors (Lipinski definition) is 0. The number of rotatable bonds is 3. The number of benzene rings is 2. The van der Waals surface area contributed by atoms with Crippen LogP contribution in [0.15, 0.2) is 54.6 Å². The van der Waals surface area contributed by atoms with E-state index in [2.05, 4.69) is 36.1 Å². The minimum absolute atomic E-state index is 0.0690. The SMILES string of the molecule is CC(c1ccccc1)N1CCN(C(=O)c2cccc(Cl)c2)CC1. The fraction of sp³-hybridized carbons (Fsp3) is 0.316. The molecular formula is C19H21ClN2O. The molecule has 0 N–H and O–H groups in total. The van der Waals surface area contributed by atoms with Gasteiger partial charge in [0, 0.05) is 42.8 Å². The molecule has 0 aliphatic carbocycles. The molecule has 3 rings (SSSR count). The van der Waals surface area contributed by atoms with Gasteiger partial charge in [-0.05, 0) is 30.7 Å². The highest BCUT2D eigenvalue weighted by atomic mass is 35.5. The highest BCUT2D eigenvalue weighted by molar-refractivity contribution is 6.30. The third kappa shape index (κ3) is 3.74. The second-order valence-electron chi connectivity index (χ2n) is 5.93. The van der Waals surface area contributed by atoms with Crippen LogP contribution in [0.5, 0.6) is 0 Å². The first-order chi connectivity index (χ1) is 11.1. The average molecular weight is 329 g/mol. The second-order valence-corrected chi connectivity index (χ2v) is 6.36. The summed E-state index contributed by atoms with van der Waals surface area (Å²) in [4.78, 5) is 16.9.